The summed E-state index contributed by atoms with van der Waals surface area (Å²) >= 11 is 2.88. The summed E-state index contributed by atoms with van der Waals surface area (Å²) in [5, 5.41) is 15.2. The molecule has 1 N–H and O–H groups in total. The second-order valence-corrected chi connectivity index (χ2v) is 6.27. The second-order valence-electron chi connectivity index (χ2n) is 4.24. The Morgan fingerprint density at radius 1 is 1.45 bits per heavy atom. The van der Waals surface area contributed by atoms with Gasteiger partial charge in [0.1, 0.15) is 12.3 Å². The highest BCUT2D eigenvalue weighted by molar-refractivity contribution is 8.00. The van der Waals surface area contributed by atoms with Crippen LogP contribution in [-0.4, -0.2) is 32.5 Å². The third-order valence-corrected chi connectivity index (χ3v) is 4.61. The Morgan fingerprint density at radius 2 is 2.32 bits per heavy atom. The first-order valence-electron chi connectivity index (χ1n) is 6.22. The van der Waals surface area contributed by atoms with Crippen LogP contribution in [0.15, 0.2) is 31.9 Å². The zero-order valence-electron chi connectivity index (χ0n) is 11.6. The van der Waals surface area contributed by atoms with Crippen LogP contribution >= 0.6 is 23.1 Å². The monoisotopic (exact) mass is 337 g/mol. The number of hydrogen-bond donors (Lipinski definition) is 1. The zero-order chi connectivity index (χ0) is 15.5. The molecule has 0 saturated heterocycles. The maximum Gasteiger partial charge on any atom is 0.255 e. The van der Waals surface area contributed by atoms with E-state index < -0.39 is 6.04 Å². The summed E-state index contributed by atoms with van der Waals surface area (Å²) in [6.45, 7) is 1.75. The summed E-state index contributed by atoms with van der Waals surface area (Å²) in [6, 6.07) is 1.14. The summed E-state index contributed by atoms with van der Waals surface area (Å²) in [6.07, 6.45) is 4.72. The molecule has 0 unspecified atom stereocenters. The summed E-state index contributed by atoms with van der Waals surface area (Å²) in [5.74, 6) is 0.381. The van der Waals surface area contributed by atoms with Crippen molar-refractivity contribution in [1.82, 2.24) is 25.7 Å². The number of carbonyl (C=O) groups excluding carboxylic acids is 1. The van der Waals surface area contributed by atoms with Gasteiger partial charge in [-0.15, -0.1) is 10.2 Å². The molecule has 0 aliphatic rings. The molecule has 1 amide bonds. The van der Waals surface area contributed by atoms with Crippen molar-refractivity contribution in [2.45, 2.75) is 17.3 Å². The van der Waals surface area contributed by atoms with E-state index in [-0.39, 0.29) is 5.91 Å². The Hall–Kier alpha value is -2.20. The summed E-state index contributed by atoms with van der Waals surface area (Å²) in [7, 11) is 0. The molecule has 0 bridgehead atoms. The number of furan rings is 1. The third-order valence-electron chi connectivity index (χ3n) is 2.72. The number of aromatic nitrogens is 4. The van der Waals surface area contributed by atoms with Gasteiger partial charge in [-0.3, -0.25) is 4.79 Å². The van der Waals surface area contributed by atoms with E-state index >= 15 is 0 Å². The van der Waals surface area contributed by atoms with Crippen LogP contribution < -0.4 is 5.32 Å². The second kappa shape index (κ2) is 6.28. The molecule has 0 radical (unpaired) electrons. The quantitative estimate of drug-likeness (QED) is 0.707. The number of hydrogen-bond acceptors (Lipinski definition) is 9. The first-order valence-corrected chi connectivity index (χ1v) is 8.26. The fraction of sp³-hybridized carbons (Fsp3) is 0.250. The van der Waals surface area contributed by atoms with Gasteiger partial charge in [0.05, 0.1) is 11.8 Å². The van der Waals surface area contributed by atoms with Gasteiger partial charge in [0.15, 0.2) is 9.35 Å². The first-order chi connectivity index (χ1) is 10.7. The molecule has 3 rings (SSSR count). The lowest BCUT2D eigenvalue weighted by molar-refractivity contribution is 0.0932. The van der Waals surface area contributed by atoms with Crippen molar-refractivity contribution in [1.29, 1.82) is 0 Å². The van der Waals surface area contributed by atoms with Gasteiger partial charge in [0, 0.05) is 0 Å². The number of rotatable bonds is 5. The highest BCUT2D eigenvalue weighted by Gasteiger charge is 2.20. The predicted octanol–water partition coefficient (Wildman–Crippen LogP) is 2.39. The predicted molar refractivity (Wildman–Crippen MR) is 79.6 cm³/mol. The van der Waals surface area contributed by atoms with E-state index in [4.69, 9.17) is 8.94 Å². The SMILES string of the molecule is CSc1nnc(-c2noc([C@H](C)NC(=O)c3ccoc3)n2)s1. The lowest BCUT2D eigenvalue weighted by Crippen LogP contribution is -2.26. The largest absolute Gasteiger partial charge is 0.472 e. The molecular weight excluding hydrogens is 326 g/mol. The third kappa shape index (κ3) is 3.02. The van der Waals surface area contributed by atoms with Crippen molar-refractivity contribution >= 4 is 29.0 Å². The van der Waals surface area contributed by atoms with E-state index in [0.717, 1.165) is 4.34 Å². The van der Waals surface area contributed by atoms with Gasteiger partial charge < -0.3 is 14.3 Å². The normalized spacial score (nSPS) is 12.3. The minimum absolute atomic E-state index is 0.276. The van der Waals surface area contributed by atoms with E-state index in [2.05, 4.69) is 25.7 Å². The average molecular weight is 337 g/mol. The minimum Gasteiger partial charge on any atom is -0.472 e. The lowest BCUT2D eigenvalue weighted by Gasteiger charge is -2.07. The molecule has 0 fully saturated rings. The van der Waals surface area contributed by atoms with Gasteiger partial charge in [-0.1, -0.05) is 28.3 Å². The highest BCUT2D eigenvalue weighted by Crippen LogP contribution is 2.26. The molecule has 114 valence electrons. The molecule has 1 atom stereocenters. The molecule has 0 spiro atoms. The molecule has 0 aliphatic heterocycles. The van der Waals surface area contributed by atoms with Crippen molar-refractivity contribution in [3.63, 3.8) is 0 Å². The van der Waals surface area contributed by atoms with Crippen molar-refractivity contribution in [3.05, 3.63) is 30.0 Å². The van der Waals surface area contributed by atoms with Crippen molar-refractivity contribution in [2.75, 3.05) is 6.26 Å². The van der Waals surface area contributed by atoms with Crippen LogP contribution in [-0.2, 0) is 0 Å². The Kier molecular flexibility index (Phi) is 4.20. The van der Waals surface area contributed by atoms with E-state index in [0.29, 0.717) is 22.3 Å². The molecule has 3 heterocycles. The van der Waals surface area contributed by atoms with Gasteiger partial charge in [0.2, 0.25) is 11.7 Å². The van der Waals surface area contributed by atoms with E-state index in [1.807, 2.05) is 6.26 Å². The van der Waals surface area contributed by atoms with Crippen LogP contribution in [0.4, 0.5) is 0 Å². The lowest BCUT2D eigenvalue weighted by atomic mass is 10.2. The van der Waals surface area contributed by atoms with E-state index in [1.54, 1.807) is 13.0 Å². The highest BCUT2D eigenvalue weighted by atomic mass is 32.2. The molecule has 3 aromatic heterocycles. The Morgan fingerprint density at radius 3 is 3.00 bits per heavy atom. The Labute approximate surface area is 133 Å². The average Bonchev–Trinajstić information content (AvgIpc) is 3.25. The van der Waals surface area contributed by atoms with Crippen molar-refractivity contribution in [3.8, 4) is 10.8 Å². The summed E-state index contributed by atoms with van der Waals surface area (Å²) < 4.78 is 10.9. The zero-order valence-corrected chi connectivity index (χ0v) is 13.3. The number of amides is 1. The van der Waals surface area contributed by atoms with Crippen LogP contribution in [0, 0.1) is 0 Å². The van der Waals surface area contributed by atoms with Gasteiger partial charge in [-0.2, -0.15) is 4.98 Å². The Balaban J connectivity index is 1.71. The fourth-order valence-electron chi connectivity index (χ4n) is 1.62. The molecule has 0 aromatic carbocycles. The van der Waals surface area contributed by atoms with Gasteiger partial charge >= 0.3 is 0 Å². The molecule has 3 aromatic rings. The van der Waals surface area contributed by atoms with Crippen LogP contribution in [0.1, 0.15) is 29.2 Å². The van der Waals surface area contributed by atoms with Crippen LogP contribution in [0.25, 0.3) is 10.8 Å². The fourth-order valence-corrected chi connectivity index (χ4v) is 2.81. The van der Waals surface area contributed by atoms with Crippen molar-refractivity contribution in [2.24, 2.45) is 0 Å². The molecule has 8 nitrogen and oxygen atoms in total. The minimum atomic E-state index is -0.434. The van der Waals surface area contributed by atoms with Crippen molar-refractivity contribution < 1.29 is 13.7 Å². The summed E-state index contributed by atoms with van der Waals surface area (Å²) in [5.41, 5.74) is 0.431. The number of nitrogens with zero attached hydrogens (tertiary/aromatic N) is 4. The van der Waals surface area contributed by atoms with Gasteiger partial charge in [-0.05, 0) is 19.2 Å². The maximum atomic E-state index is 11.9. The molecule has 0 saturated carbocycles. The van der Waals surface area contributed by atoms with Crippen LogP contribution in [0.3, 0.4) is 0 Å². The summed E-state index contributed by atoms with van der Waals surface area (Å²) in [4.78, 5) is 16.2. The molecule has 22 heavy (non-hydrogen) atoms. The van der Waals surface area contributed by atoms with Crippen LogP contribution in [0.5, 0.6) is 0 Å². The topological polar surface area (TPSA) is 107 Å². The van der Waals surface area contributed by atoms with E-state index in [9.17, 15) is 4.79 Å². The number of carbonyl (C=O) groups is 1. The smallest absolute Gasteiger partial charge is 0.255 e. The number of nitrogens with one attached hydrogen (secondary N) is 1. The van der Waals surface area contributed by atoms with Gasteiger partial charge in [-0.25, -0.2) is 0 Å². The van der Waals surface area contributed by atoms with E-state index in [1.165, 1.54) is 35.6 Å². The van der Waals surface area contributed by atoms with Gasteiger partial charge in [0.25, 0.3) is 5.91 Å². The first kappa shape index (κ1) is 14.7. The Bertz CT molecular complexity index is 767. The number of thioether (sulfide) groups is 1. The van der Waals surface area contributed by atoms with Crippen LogP contribution in [0.2, 0.25) is 0 Å². The maximum absolute atomic E-state index is 11.9. The molecule has 10 heteroatoms. The molecular formula is C12H11N5O3S2. The molecule has 0 aliphatic carbocycles. The standard InChI is InChI=1S/C12H11N5O3S2/c1-6(13-9(18)7-3-4-19-5-7)10-14-8(17-20-10)11-15-16-12(21-2)22-11/h3-6H,1-2H3,(H,13,18)/t6-/m0/s1.